The number of carbonyl (C=O) groups excluding carboxylic acids is 1. The smallest absolute Gasteiger partial charge is 0.317 e. The van der Waals surface area contributed by atoms with Crippen molar-refractivity contribution in [2.75, 3.05) is 26.3 Å². The van der Waals surface area contributed by atoms with Crippen molar-refractivity contribution >= 4 is 6.03 Å². The molecule has 2 fully saturated rings. The van der Waals surface area contributed by atoms with E-state index < -0.39 is 0 Å². The van der Waals surface area contributed by atoms with E-state index in [0.29, 0.717) is 31.5 Å². The summed E-state index contributed by atoms with van der Waals surface area (Å²) in [5.74, 6) is 2.36. The second-order valence-electron chi connectivity index (χ2n) is 7.36. The van der Waals surface area contributed by atoms with E-state index in [4.69, 9.17) is 9.26 Å². The number of carbonyl (C=O) groups is 1. The van der Waals surface area contributed by atoms with E-state index in [1.54, 1.807) is 0 Å². The summed E-state index contributed by atoms with van der Waals surface area (Å²) in [4.78, 5) is 14.4. The van der Waals surface area contributed by atoms with Crippen molar-refractivity contribution in [3.05, 3.63) is 17.5 Å². The molecular weight excluding hydrogens is 318 g/mol. The zero-order valence-corrected chi connectivity index (χ0v) is 15.5. The third-order valence-electron chi connectivity index (χ3n) is 5.79. The standard InChI is InChI=1S/C19H31N3O3/c1-3-14(4-2)18-10-17(25-21-18)11-20-19(23)22-8-9-24-13-16(12-22)15-6-5-7-15/h10,14-16H,3-9,11-13H2,1-2H3,(H,20,23). The Balaban J connectivity index is 1.51. The van der Waals surface area contributed by atoms with E-state index in [-0.39, 0.29) is 6.03 Å². The highest BCUT2D eigenvalue weighted by Crippen LogP contribution is 2.34. The minimum Gasteiger partial charge on any atom is -0.379 e. The lowest BCUT2D eigenvalue weighted by atomic mass is 9.76. The van der Waals surface area contributed by atoms with E-state index in [1.807, 2.05) is 11.0 Å². The fraction of sp³-hybridized carbons (Fsp3) is 0.789. The van der Waals surface area contributed by atoms with Crippen molar-refractivity contribution in [2.45, 2.75) is 58.4 Å². The lowest BCUT2D eigenvalue weighted by Crippen LogP contribution is -2.44. The Morgan fingerprint density at radius 1 is 1.36 bits per heavy atom. The summed E-state index contributed by atoms with van der Waals surface area (Å²) in [5.41, 5.74) is 0.988. The van der Waals surface area contributed by atoms with Gasteiger partial charge in [-0.25, -0.2) is 4.79 Å². The molecule has 6 heteroatoms. The van der Waals surface area contributed by atoms with Crippen LogP contribution in [0.4, 0.5) is 4.79 Å². The summed E-state index contributed by atoms with van der Waals surface area (Å²) >= 11 is 0. The average Bonchev–Trinajstić information content (AvgIpc) is 2.90. The average molecular weight is 349 g/mol. The van der Waals surface area contributed by atoms with Crippen LogP contribution >= 0.6 is 0 Å². The molecule has 3 rings (SSSR count). The Morgan fingerprint density at radius 2 is 2.16 bits per heavy atom. The first-order valence-electron chi connectivity index (χ1n) is 9.77. The molecule has 1 unspecified atom stereocenters. The number of rotatable bonds is 6. The van der Waals surface area contributed by atoms with Crippen molar-refractivity contribution in [3.63, 3.8) is 0 Å². The molecule has 2 amide bonds. The Labute approximate surface area is 150 Å². The molecule has 140 valence electrons. The van der Waals surface area contributed by atoms with Crippen LogP contribution in [-0.4, -0.2) is 42.4 Å². The number of nitrogens with zero attached hydrogens (tertiary/aromatic N) is 2. The summed E-state index contributed by atoms with van der Waals surface area (Å²) in [6, 6.07) is 1.94. The second kappa shape index (κ2) is 8.70. The van der Waals surface area contributed by atoms with E-state index in [0.717, 1.165) is 43.4 Å². The number of urea groups is 1. The third kappa shape index (κ3) is 4.54. The van der Waals surface area contributed by atoms with Gasteiger partial charge in [-0.15, -0.1) is 0 Å². The maximum absolute atomic E-state index is 12.5. The normalized spacial score (nSPS) is 21.9. The van der Waals surface area contributed by atoms with Crippen LogP contribution in [0.25, 0.3) is 0 Å². The molecule has 0 spiro atoms. The summed E-state index contributed by atoms with van der Waals surface area (Å²) in [5, 5.41) is 7.14. The number of nitrogens with one attached hydrogen (secondary N) is 1. The number of amides is 2. The molecule has 1 saturated carbocycles. The monoisotopic (exact) mass is 349 g/mol. The summed E-state index contributed by atoms with van der Waals surface area (Å²) in [6.45, 7) is 7.56. The van der Waals surface area contributed by atoms with Gasteiger partial charge in [-0.05, 0) is 18.8 Å². The third-order valence-corrected chi connectivity index (χ3v) is 5.79. The first kappa shape index (κ1) is 18.2. The van der Waals surface area contributed by atoms with Crippen LogP contribution in [0.15, 0.2) is 10.6 Å². The molecule has 2 aliphatic rings. The van der Waals surface area contributed by atoms with Gasteiger partial charge in [0.15, 0.2) is 5.76 Å². The molecule has 1 aliphatic carbocycles. The van der Waals surface area contributed by atoms with E-state index >= 15 is 0 Å². The predicted molar refractivity (Wildman–Crippen MR) is 95.3 cm³/mol. The molecular formula is C19H31N3O3. The fourth-order valence-electron chi connectivity index (χ4n) is 3.80. The van der Waals surface area contributed by atoms with Gasteiger partial charge in [0.25, 0.3) is 0 Å². The molecule has 1 N–H and O–H groups in total. The molecule has 1 atom stereocenters. The van der Waals surface area contributed by atoms with Crippen LogP contribution in [0.2, 0.25) is 0 Å². The number of aromatic nitrogens is 1. The van der Waals surface area contributed by atoms with Gasteiger partial charge in [-0.3, -0.25) is 0 Å². The van der Waals surface area contributed by atoms with Crippen molar-refractivity contribution in [1.29, 1.82) is 0 Å². The Morgan fingerprint density at radius 3 is 2.84 bits per heavy atom. The molecule has 0 radical (unpaired) electrons. The number of ether oxygens (including phenoxy) is 1. The largest absolute Gasteiger partial charge is 0.379 e. The van der Waals surface area contributed by atoms with Crippen LogP contribution in [0.3, 0.4) is 0 Å². The highest BCUT2D eigenvalue weighted by Gasteiger charge is 2.31. The highest BCUT2D eigenvalue weighted by molar-refractivity contribution is 5.74. The number of hydrogen-bond donors (Lipinski definition) is 1. The maximum Gasteiger partial charge on any atom is 0.317 e. The minimum absolute atomic E-state index is 0.0321. The van der Waals surface area contributed by atoms with Crippen molar-refractivity contribution < 1.29 is 14.1 Å². The second-order valence-corrected chi connectivity index (χ2v) is 7.36. The minimum atomic E-state index is -0.0321. The predicted octanol–water partition coefficient (Wildman–Crippen LogP) is 3.54. The van der Waals surface area contributed by atoms with Crippen molar-refractivity contribution in [3.8, 4) is 0 Å². The summed E-state index contributed by atoms with van der Waals surface area (Å²) in [7, 11) is 0. The molecule has 6 nitrogen and oxygen atoms in total. The van der Waals surface area contributed by atoms with Crippen LogP contribution < -0.4 is 5.32 Å². The Kier molecular flexibility index (Phi) is 6.34. The van der Waals surface area contributed by atoms with Crippen LogP contribution in [0, 0.1) is 11.8 Å². The highest BCUT2D eigenvalue weighted by atomic mass is 16.5. The van der Waals surface area contributed by atoms with Crippen LogP contribution in [-0.2, 0) is 11.3 Å². The molecule has 0 bridgehead atoms. The van der Waals surface area contributed by atoms with E-state index in [1.165, 1.54) is 19.3 Å². The van der Waals surface area contributed by atoms with Crippen molar-refractivity contribution in [1.82, 2.24) is 15.4 Å². The molecule has 1 aliphatic heterocycles. The maximum atomic E-state index is 12.5. The van der Waals surface area contributed by atoms with Gasteiger partial charge in [0.05, 0.1) is 25.5 Å². The molecule has 2 heterocycles. The zero-order chi connectivity index (χ0) is 17.6. The molecule has 25 heavy (non-hydrogen) atoms. The lowest BCUT2D eigenvalue weighted by Gasteiger charge is -2.34. The van der Waals surface area contributed by atoms with E-state index in [2.05, 4.69) is 24.3 Å². The molecule has 1 aromatic heterocycles. The summed E-state index contributed by atoms with van der Waals surface area (Å²) < 4.78 is 11.1. The van der Waals surface area contributed by atoms with Gasteiger partial charge in [-0.2, -0.15) is 0 Å². The van der Waals surface area contributed by atoms with Gasteiger partial charge < -0.3 is 19.5 Å². The topological polar surface area (TPSA) is 67.6 Å². The van der Waals surface area contributed by atoms with Crippen LogP contribution in [0.1, 0.15) is 63.3 Å². The van der Waals surface area contributed by atoms with Gasteiger partial charge >= 0.3 is 6.03 Å². The summed E-state index contributed by atoms with van der Waals surface area (Å²) in [6.07, 6.45) is 5.97. The SMILES string of the molecule is CCC(CC)c1cc(CNC(=O)N2CCOCC(C3CCC3)C2)on1. The molecule has 1 saturated heterocycles. The van der Waals surface area contributed by atoms with Crippen molar-refractivity contribution in [2.24, 2.45) is 11.8 Å². The molecule has 1 aromatic rings. The molecule has 0 aromatic carbocycles. The zero-order valence-electron chi connectivity index (χ0n) is 15.5. The van der Waals surface area contributed by atoms with Crippen LogP contribution in [0.5, 0.6) is 0 Å². The van der Waals surface area contributed by atoms with Gasteiger partial charge in [0, 0.05) is 31.0 Å². The Hall–Kier alpha value is -1.56. The van der Waals surface area contributed by atoms with Gasteiger partial charge in [0.1, 0.15) is 0 Å². The number of hydrogen-bond acceptors (Lipinski definition) is 4. The first-order chi connectivity index (χ1) is 12.2. The van der Waals surface area contributed by atoms with Gasteiger partial charge in [-0.1, -0.05) is 38.3 Å². The first-order valence-corrected chi connectivity index (χ1v) is 9.77. The Bertz CT molecular complexity index is 552. The van der Waals surface area contributed by atoms with E-state index in [9.17, 15) is 4.79 Å². The fourth-order valence-corrected chi connectivity index (χ4v) is 3.80. The lowest BCUT2D eigenvalue weighted by molar-refractivity contribution is 0.0775. The van der Waals surface area contributed by atoms with Gasteiger partial charge in [0.2, 0.25) is 0 Å². The quantitative estimate of drug-likeness (QED) is 0.853.